The summed E-state index contributed by atoms with van der Waals surface area (Å²) in [6.07, 6.45) is 2.01. The molecule has 0 aromatic carbocycles. The molecule has 0 bridgehead atoms. The molecular formula is C10H18O. The third-order valence-corrected chi connectivity index (χ3v) is 3.00. The van der Waals surface area contributed by atoms with E-state index in [1.54, 1.807) is 0 Å². The fourth-order valence-corrected chi connectivity index (χ4v) is 1.88. The van der Waals surface area contributed by atoms with Gasteiger partial charge in [-0.3, -0.25) is 0 Å². The highest BCUT2D eigenvalue weighted by Crippen LogP contribution is 2.40. The van der Waals surface area contributed by atoms with Crippen LogP contribution in [0.4, 0.5) is 0 Å². The maximum absolute atomic E-state index is 9.85. The maximum atomic E-state index is 9.85. The summed E-state index contributed by atoms with van der Waals surface area (Å²) in [7, 11) is 0. The highest BCUT2D eigenvalue weighted by molar-refractivity contribution is 5.21. The van der Waals surface area contributed by atoms with Crippen molar-refractivity contribution >= 4 is 0 Å². The molecule has 1 nitrogen and oxygen atoms in total. The lowest BCUT2D eigenvalue weighted by atomic mass is 9.91. The molecule has 1 aliphatic carbocycles. The Morgan fingerprint density at radius 3 is 2.27 bits per heavy atom. The number of aliphatic hydroxyl groups is 1. The number of allylic oxidation sites excluding steroid dienone is 1. The first-order valence-electron chi connectivity index (χ1n) is 4.34. The van der Waals surface area contributed by atoms with Gasteiger partial charge in [-0.1, -0.05) is 18.1 Å². The van der Waals surface area contributed by atoms with Gasteiger partial charge < -0.3 is 5.11 Å². The molecule has 0 heterocycles. The van der Waals surface area contributed by atoms with Gasteiger partial charge in [0.25, 0.3) is 0 Å². The van der Waals surface area contributed by atoms with Crippen LogP contribution in [-0.4, -0.2) is 10.7 Å². The second-order valence-corrected chi connectivity index (χ2v) is 4.10. The number of hydrogen-bond acceptors (Lipinski definition) is 1. The Morgan fingerprint density at radius 1 is 1.55 bits per heavy atom. The minimum absolute atomic E-state index is 0.354. The highest BCUT2D eigenvalue weighted by atomic mass is 16.3. The van der Waals surface area contributed by atoms with Crippen LogP contribution in [0.25, 0.3) is 0 Å². The Morgan fingerprint density at radius 2 is 2.09 bits per heavy atom. The molecule has 2 unspecified atom stereocenters. The second-order valence-electron chi connectivity index (χ2n) is 4.10. The van der Waals surface area contributed by atoms with Gasteiger partial charge in [-0.05, 0) is 33.6 Å². The molecule has 0 aromatic rings. The summed E-state index contributed by atoms with van der Waals surface area (Å²) in [5, 5.41) is 9.85. The van der Waals surface area contributed by atoms with E-state index in [0.29, 0.717) is 5.92 Å². The zero-order chi connectivity index (χ0) is 8.65. The number of rotatable bonds is 0. The summed E-state index contributed by atoms with van der Waals surface area (Å²) in [5.74, 6) is 0.354. The van der Waals surface area contributed by atoms with Crippen LogP contribution in [-0.2, 0) is 0 Å². The summed E-state index contributed by atoms with van der Waals surface area (Å²) in [5.41, 5.74) is 2.39. The van der Waals surface area contributed by atoms with Crippen LogP contribution in [0.1, 0.15) is 40.5 Å². The predicted molar refractivity (Wildman–Crippen MR) is 47.4 cm³/mol. The van der Waals surface area contributed by atoms with Gasteiger partial charge in [0.15, 0.2) is 0 Å². The maximum Gasteiger partial charge on any atom is 0.0685 e. The molecule has 64 valence electrons. The fourth-order valence-electron chi connectivity index (χ4n) is 1.88. The molecule has 1 saturated carbocycles. The molecule has 0 spiro atoms. The molecule has 0 aromatic heterocycles. The number of hydrogen-bond donors (Lipinski definition) is 1. The van der Waals surface area contributed by atoms with Gasteiger partial charge in [0.1, 0.15) is 0 Å². The summed E-state index contributed by atoms with van der Waals surface area (Å²) in [6.45, 7) is 8.32. The zero-order valence-electron chi connectivity index (χ0n) is 7.94. The molecule has 1 heteroatoms. The fraction of sp³-hybridized carbons (Fsp3) is 0.800. The van der Waals surface area contributed by atoms with Crippen molar-refractivity contribution in [2.75, 3.05) is 0 Å². The van der Waals surface area contributed by atoms with Crippen molar-refractivity contribution in [1.82, 2.24) is 0 Å². The average molecular weight is 154 g/mol. The normalized spacial score (nSPS) is 37.9. The molecule has 1 fully saturated rings. The molecule has 1 N–H and O–H groups in total. The molecule has 0 amide bonds. The van der Waals surface area contributed by atoms with Crippen molar-refractivity contribution in [3.05, 3.63) is 11.1 Å². The topological polar surface area (TPSA) is 20.2 Å². The Kier molecular flexibility index (Phi) is 2.10. The Balaban J connectivity index is 2.88. The van der Waals surface area contributed by atoms with Crippen LogP contribution in [0.5, 0.6) is 0 Å². The van der Waals surface area contributed by atoms with Crippen LogP contribution in [0, 0.1) is 5.92 Å². The van der Waals surface area contributed by atoms with E-state index in [4.69, 9.17) is 0 Å². The van der Waals surface area contributed by atoms with Gasteiger partial charge in [-0.15, -0.1) is 0 Å². The molecule has 1 rings (SSSR count). The van der Waals surface area contributed by atoms with E-state index in [1.807, 2.05) is 6.92 Å². The first-order chi connectivity index (χ1) is 4.95. The minimum atomic E-state index is -0.452. The molecule has 11 heavy (non-hydrogen) atoms. The van der Waals surface area contributed by atoms with Crippen molar-refractivity contribution in [2.24, 2.45) is 5.92 Å². The zero-order valence-corrected chi connectivity index (χ0v) is 7.94. The van der Waals surface area contributed by atoms with E-state index in [-0.39, 0.29) is 0 Å². The van der Waals surface area contributed by atoms with Crippen LogP contribution in [0.3, 0.4) is 0 Å². The molecular weight excluding hydrogens is 136 g/mol. The third kappa shape index (κ3) is 1.48. The van der Waals surface area contributed by atoms with Crippen molar-refractivity contribution < 1.29 is 5.11 Å². The lowest BCUT2D eigenvalue weighted by Gasteiger charge is -2.22. The first kappa shape index (κ1) is 8.79. The quantitative estimate of drug-likeness (QED) is 0.531. The predicted octanol–water partition coefficient (Wildman–Crippen LogP) is 2.50. The van der Waals surface area contributed by atoms with E-state index in [2.05, 4.69) is 20.8 Å². The van der Waals surface area contributed by atoms with Gasteiger partial charge in [0, 0.05) is 5.92 Å². The second kappa shape index (κ2) is 2.63. The minimum Gasteiger partial charge on any atom is -0.390 e. The van der Waals surface area contributed by atoms with Crippen LogP contribution in [0.2, 0.25) is 0 Å². The van der Waals surface area contributed by atoms with Crippen molar-refractivity contribution in [1.29, 1.82) is 0 Å². The SMILES string of the molecule is CC(C)=C1CCC(C)(O)C1C. The van der Waals surface area contributed by atoms with E-state index in [1.165, 1.54) is 11.1 Å². The average Bonchev–Trinajstić information content (AvgIpc) is 2.09. The van der Waals surface area contributed by atoms with E-state index < -0.39 is 5.60 Å². The monoisotopic (exact) mass is 154 g/mol. The van der Waals surface area contributed by atoms with Gasteiger partial charge in [-0.2, -0.15) is 0 Å². The van der Waals surface area contributed by atoms with Crippen molar-refractivity contribution in [2.45, 2.75) is 46.1 Å². The van der Waals surface area contributed by atoms with Crippen molar-refractivity contribution in [3.63, 3.8) is 0 Å². The first-order valence-corrected chi connectivity index (χ1v) is 4.34. The van der Waals surface area contributed by atoms with E-state index in [0.717, 1.165) is 12.8 Å². The highest BCUT2D eigenvalue weighted by Gasteiger charge is 2.37. The van der Waals surface area contributed by atoms with Crippen LogP contribution >= 0.6 is 0 Å². The largest absolute Gasteiger partial charge is 0.390 e. The Labute approximate surface area is 69.1 Å². The van der Waals surface area contributed by atoms with Crippen molar-refractivity contribution in [3.8, 4) is 0 Å². The lowest BCUT2D eigenvalue weighted by Crippen LogP contribution is -2.27. The smallest absolute Gasteiger partial charge is 0.0685 e. The molecule has 0 radical (unpaired) electrons. The van der Waals surface area contributed by atoms with Gasteiger partial charge in [-0.25, -0.2) is 0 Å². The molecule has 2 atom stereocenters. The van der Waals surface area contributed by atoms with Crippen LogP contribution in [0.15, 0.2) is 11.1 Å². The lowest BCUT2D eigenvalue weighted by molar-refractivity contribution is 0.0350. The van der Waals surface area contributed by atoms with Gasteiger partial charge >= 0.3 is 0 Å². The molecule has 0 saturated heterocycles. The summed E-state index contributed by atoms with van der Waals surface area (Å²) in [6, 6.07) is 0. The van der Waals surface area contributed by atoms with Gasteiger partial charge in [0.2, 0.25) is 0 Å². The third-order valence-electron chi connectivity index (χ3n) is 3.00. The van der Waals surface area contributed by atoms with E-state index in [9.17, 15) is 5.11 Å². The van der Waals surface area contributed by atoms with Gasteiger partial charge in [0.05, 0.1) is 5.60 Å². The van der Waals surface area contributed by atoms with Crippen LogP contribution < -0.4 is 0 Å². The molecule has 1 aliphatic rings. The summed E-state index contributed by atoms with van der Waals surface area (Å²) < 4.78 is 0. The molecule has 0 aliphatic heterocycles. The standard InChI is InChI=1S/C10H18O/c1-7(2)9-5-6-10(4,11)8(9)3/h8,11H,5-6H2,1-4H3. The van der Waals surface area contributed by atoms with E-state index >= 15 is 0 Å². The Hall–Kier alpha value is -0.300. The Bertz CT molecular complexity index is 185. The summed E-state index contributed by atoms with van der Waals surface area (Å²) >= 11 is 0. The summed E-state index contributed by atoms with van der Waals surface area (Å²) in [4.78, 5) is 0.